The lowest BCUT2D eigenvalue weighted by molar-refractivity contribution is 0.0941. The normalized spacial score (nSPS) is 21.9. The summed E-state index contributed by atoms with van der Waals surface area (Å²) in [6.07, 6.45) is 4.88. The Kier molecular flexibility index (Phi) is 5.59. The molecular formula is C17H25FN2O. The highest BCUT2D eigenvalue weighted by Crippen LogP contribution is 2.28. The van der Waals surface area contributed by atoms with Gasteiger partial charge in [-0.05, 0) is 43.7 Å². The molecule has 2 rings (SSSR count). The zero-order chi connectivity index (χ0) is 15.2. The Labute approximate surface area is 126 Å². The van der Waals surface area contributed by atoms with E-state index in [0.717, 1.165) is 5.92 Å². The van der Waals surface area contributed by atoms with Crippen molar-refractivity contribution in [1.82, 2.24) is 5.32 Å². The second kappa shape index (κ2) is 7.43. The van der Waals surface area contributed by atoms with E-state index in [1.54, 1.807) is 12.1 Å². The zero-order valence-electron chi connectivity index (χ0n) is 12.9. The van der Waals surface area contributed by atoms with Crippen LogP contribution in [-0.4, -0.2) is 19.0 Å². The summed E-state index contributed by atoms with van der Waals surface area (Å²) in [7, 11) is 0. The van der Waals surface area contributed by atoms with E-state index in [-0.39, 0.29) is 11.7 Å². The van der Waals surface area contributed by atoms with Gasteiger partial charge < -0.3 is 10.6 Å². The topological polar surface area (TPSA) is 41.1 Å². The molecule has 2 atom stereocenters. The molecule has 0 bridgehead atoms. The SMILES string of the molecule is CCNc1c(F)cccc1C(=O)NCC1CCCC(C)C1. The summed E-state index contributed by atoms with van der Waals surface area (Å²) in [5, 5.41) is 5.90. The number of para-hydroxylation sites is 1. The van der Waals surface area contributed by atoms with Gasteiger partial charge in [0.1, 0.15) is 5.82 Å². The quantitative estimate of drug-likeness (QED) is 0.866. The van der Waals surface area contributed by atoms with Crippen LogP contribution in [0.2, 0.25) is 0 Å². The molecule has 0 heterocycles. The molecule has 116 valence electrons. The van der Waals surface area contributed by atoms with Crippen molar-refractivity contribution >= 4 is 11.6 Å². The van der Waals surface area contributed by atoms with Crippen molar-refractivity contribution in [3.8, 4) is 0 Å². The molecule has 1 aliphatic rings. The van der Waals surface area contributed by atoms with E-state index in [1.165, 1.54) is 31.7 Å². The van der Waals surface area contributed by atoms with Gasteiger partial charge in [0.2, 0.25) is 0 Å². The largest absolute Gasteiger partial charge is 0.382 e. The number of nitrogens with one attached hydrogen (secondary N) is 2. The Morgan fingerprint density at radius 2 is 2.19 bits per heavy atom. The summed E-state index contributed by atoms with van der Waals surface area (Å²) in [5.41, 5.74) is 0.690. The van der Waals surface area contributed by atoms with E-state index < -0.39 is 0 Å². The minimum absolute atomic E-state index is 0.191. The van der Waals surface area contributed by atoms with Gasteiger partial charge in [-0.15, -0.1) is 0 Å². The van der Waals surface area contributed by atoms with Gasteiger partial charge in [-0.25, -0.2) is 4.39 Å². The number of benzene rings is 1. The van der Waals surface area contributed by atoms with Crippen LogP contribution in [0.4, 0.5) is 10.1 Å². The smallest absolute Gasteiger partial charge is 0.253 e. The summed E-state index contributed by atoms with van der Waals surface area (Å²) in [6.45, 7) is 5.42. The Balaban J connectivity index is 1.98. The minimum atomic E-state index is -0.379. The lowest BCUT2D eigenvalue weighted by atomic mass is 9.82. The lowest BCUT2D eigenvalue weighted by Gasteiger charge is -2.26. The first-order valence-electron chi connectivity index (χ1n) is 7.92. The van der Waals surface area contributed by atoms with Gasteiger partial charge >= 0.3 is 0 Å². The fraction of sp³-hybridized carbons (Fsp3) is 0.588. The first-order valence-corrected chi connectivity index (χ1v) is 7.92. The van der Waals surface area contributed by atoms with Crippen molar-refractivity contribution < 1.29 is 9.18 Å². The monoisotopic (exact) mass is 292 g/mol. The maximum Gasteiger partial charge on any atom is 0.253 e. The molecule has 0 aliphatic heterocycles. The van der Waals surface area contributed by atoms with Gasteiger partial charge in [0.05, 0.1) is 11.3 Å². The predicted molar refractivity (Wildman–Crippen MR) is 84.0 cm³/mol. The number of halogens is 1. The number of hydrogen-bond acceptors (Lipinski definition) is 2. The molecule has 0 spiro atoms. The summed E-state index contributed by atoms with van der Waals surface area (Å²) >= 11 is 0. The van der Waals surface area contributed by atoms with E-state index >= 15 is 0 Å². The molecule has 3 nitrogen and oxygen atoms in total. The molecule has 1 fully saturated rings. The average molecular weight is 292 g/mol. The highest BCUT2D eigenvalue weighted by atomic mass is 19.1. The van der Waals surface area contributed by atoms with Crippen LogP contribution in [0, 0.1) is 17.7 Å². The number of anilines is 1. The fourth-order valence-electron chi connectivity index (χ4n) is 3.15. The summed E-state index contributed by atoms with van der Waals surface area (Å²) < 4.78 is 13.8. The van der Waals surface area contributed by atoms with Crippen molar-refractivity contribution in [2.24, 2.45) is 11.8 Å². The third-order valence-corrected chi connectivity index (χ3v) is 4.21. The van der Waals surface area contributed by atoms with Crippen molar-refractivity contribution in [3.63, 3.8) is 0 Å². The van der Waals surface area contributed by atoms with Gasteiger partial charge in [-0.2, -0.15) is 0 Å². The number of hydrogen-bond donors (Lipinski definition) is 2. The molecule has 2 unspecified atom stereocenters. The highest BCUT2D eigenvalue weighted by Gasteiger charge is 2.20. The maximum atomic E-state index is 13.8. The van der Waals surface area contributed by atoms with Crippen LogP contribution in [0.15, 0.2) is 18.2 Å². The highest BCUT2D eigenvalue weighted by molar-refractivity contribution is 5.99. The first kappa shape index (κ1) is 15.8. The molecule has 0 radical (unpaired) electrons. The molecule has 4 heteroatoms. The van der Waals surface area contributed by atoms with Gasteiger partial charge in [0.15, 0.2) is 0 Å². The Morgan fingerprint density at radius 3 is 2.90 bits per heavy atom. The third-order valence-electron chi connectivity index (χ3n) is 4.21. The van der Waals surface area contributed by atoms with Crippen LogP contribution in [0.1, 0.15) is 49.9 Å². The van der Waals surface area contributed by atoms with Gasteiger partial charge in [0, 0.05) is 13.1 Å². The number of amides is 1. The third kappa shape index (κ3) is 4.19. The maximum absolute atomic E-state index is 13.8. The van der Waals surface area contributed by atoms with Crippen LogP contribution in [0.3, 0.4) is 0 Å². The average Bonchev–Trinajstić information content (AvgIpc) is 2.47. The second-order valence-electron chi connectivity index (χ2n) is 6.04. The van der Waals surface area contributed by atoms with Crippen LogP contribution < -0.4 is 10.6 Å². The lowest BCUT2D eigenvalue weighted by Crippen LogP contribution is -2.32. The number of rotatable bonds is 5. The molecular weight excluding hydrogens is 267 g/mol. The van der Waals surface area contributed by atoms with Gasteiger partial charge in [-0.1, -0.05) is 25.8 Å². The van der Waals surface area contributed by atoms with Crippen LogP contribution >= 0.6 is 0 Å². The molecule has 1 aromatic rings. The second-order valence-corrected chi connectivity index (χ2v) is 6.04. The van der Waals surface area contributed by atoms with E-state index in [1.807, 2.05) is 6.92 Å². The van der Waals surface area contributed by atoms with Crippen molar-refractivity contribution in [3.05, 3.63) is 29.6 Å². The first-order chi connectivity index (χ1) is 10.1. The fourth-order valence-corrected chi connectivity index (χ4v) is 3.15. The molecule has 1 saturated carbocycles. The number of carbonyl (C=O) groups is 1. The molecule has 21 heavy (non-hydrogen) atoms. The Bertz CT molecular complexity index is 490. The molecule has 2 N–H and O–H groups in total. The predicted octanol–water partition coefficient (Wildman–Crippen LogP) is 3.81. The van der Waals surface area contributed by atoms with Crippen molar-refractivity contribution in [2.75, 3.05) is 18.4 Å². The summed E-state index contributed by atoms with van der Waals surface area (Å²) in [4.78, 5) is 12.3. The van der Waals surface area contributed by atoms with E-state index in [2.05, 4.69) is 17.6 Å². The van der Waals surface area contributed by atoms with Crippen LogP contribution in [0.25, 0.3) is 0 Å². The molecule has 1 amide bonds. The zero-order valence-corrected chi connectivity index (χ0v) is 12.9. The summed E-state index contributed by atoms with van der Waals surface area (Å²) in [6, 6.07) is 4.62. The molecule has 1 aliphatic carbocycles. The Hall–Kier alpha value is -1.58. The van der Waals surface area contributed by atoms with E-state index in [4.69, 9.17) is 0 Å². The Morgan fingerprint density at radius 1 is 1.38 bits per heavy atom. The minimum Gasteiger partial charge on any atom is -0.382 e. The van der Waals surface area contributed by atoms with Gasteiger partial charge in [-0.3, -0.25) is 4.79 Å². The van der Waals surface area contributed by atoms with Crippen LogP contribution in [-0.2, 0) is 0 Å². The molecule has 0 saturated heterocycles. The molecule has 0 aromatic heterocycles. The van der Waals surface area contributed by atoms with E-state index in [9.17, 15) is 9.18 Å². The van der Waals surface area contributed by atoms with E-state index in [0.29, 0.717) is 30.3 Å². The number of carbonyl (C=O) groups excluding carboxylic acids is 1. The molecule has 1 aromatic carbocycles. The summed E-state index contributed by atoms with van der Waals surface area (Å²) in [5.74, 6) is 0.723. The standard InChI is InChI=1S/C17H25FN2O/c1-3-19-16-14(8-5-9-15(16)18)17(21)20-11-13-7-4-6-12(2)10-13/h5,8-9,12-13,19H,3-4,6-7,10-11H2,1-2H3,(H,20,21). The van der Waals surface area contributed by atoms with Crippen molar-refractivity contribution in [1.29, 1.82) is 0 Å². The van der Waals surface area contributed by atoms with Crippen molar-refractivity contribution in [2.45, 2.75) is 39.5 Å². The van der Waals surface area contributed by atoms with Gasteiger partial charge in [0.25, 0.3) is 5.91 Å². The van der Waals surface area contributed by atoms with Crippen LogP contribution in [0.5, 0.6) is 0 Å².